The van der Waals surface area contributed by atoms with Gasteiger partial charge in [-0.3, -0.25) is 4.98 Å². The largest absolute Gasteiger partial charge is 0.265 e. The standard InChI is InChI=1S/C12H9N5S2/c18-12-16-15-11(9-3-5-13-6-4-9)17(12)14-8-10-2-1-7-19-10/h1-8H,(H,16,18)/b14-8-. The third-order valence-corrected chi connectivity index (χ3v) is 3.50. The molecule has 0 aliphatic rings. The number of rotatable bonds is 3. The van der Waals surface area contributed by atoms with Gasteiger partial charge in [0.05, 0.1) is 6.21 Å². The van der Waals surface area contributed by atoms with Crippen molar-refractivity contribution in [3.63, 3.8) is 0 Å². The topological polar surface area (TPSA) is 58.9 Å². The Morgan fingerprint density at radius 2 is 2.16 bits per heavy atom. The van der Waals surface area contributed by atoms with E-state index in [1.807, 2.05) is 29.6 Å². The molecule has 0 radical (unpaired) electrons. The molecule has 19 heavy (non-hydrogen) atoms. The van der Waals surface area contributed by atoms with Gasteiger partial charge in [0.15, 0.2) is 5.82 Å². The second-order valence-electron chi connectivity index (χ2n) is 3.66. The molecule has 3 aromatic rings. The first-order chi connectivity index (χ1) is 9.34. The van der Waals surface area contributed by atoms with Gasteiger partial charge >= 0.3 is 0 Å². The van der Waals surface area contributed by atoms with Crippen molar-refractivity contribution in [2.75, 3.05) is 0 Å². The Balaban J connectivity index is 2.02. The van der Waals surface area contributed by atoms with Crippen molar-refractivity contribution in [3.05, 3.63) is 51.7 Å². The van der Waals surface area contributed by atoms with Gasteiger partial charge in [-0.2, -0.15) is 14.9 Å². The number of hydrogen-bond donors (Lipinski definition) is 1. The smallest absolute Gasteiger partial charge is 0.216 e. The van der Waals surface area contributed by atoms with Gasteiger partial charge < -0.3 is 0 Å². The molecule has 0 fully saturated rings. The average molecular weight is 287 g/mol. The van der Waals surface area contributed by atoms with E-state index in [1.165, 1.54) is 0 Å². The molecular weight excluding hydrogens is 278 g/mol. The van der Waals surface area contributed by atoms with Crippen LogP contribution in [0.5, 0.6) is 0 Å². The quantitative estimate of drug-likeness (QED) is 0.595. The Hall–Kier alpha value is -2.12. The lowest BCUT2D eigenvalue weighted by molar-refractivity contribution is 0.872. The van der Waals surface area contributed by atoms with Gasteiger partial charge in [0.25, 0.3) is 0 Å². The highest BCUT2D eigenvalue weighted by Crippen LogP contribution is 2.15. The third-order valence-electron chi connectivity index (χ3n) is 2.43. The van der Waals surface area contributed by atoms with Gasteiger partial charge in [0.2, 0.25) is 4.77 Å². The van der Waals surface area contributed by atoms with E-state index in [0.29, 0.717) is 10.6 Å². The molecule has 5 nitrogen and oxygen atoms in total. The van der Waals surface area contributed by atoms with Crippen LogP contribution in [0.15, 0.2) is 47.1 Å². The maximum absolute atomic E-state index is 5.19. The molecule has 0 atom stereocenters. The summed E-state index contributed by atoms with van der Waals surface area (Å²) in [7, 11) is 0. The van der Waals surface area contributed by atoms with Crippen LogP contribution in [-0.2, 0) is 0 Å². The van der Waals surface area contributed by atoms with Crippen LogP contribution in [0.4, 0.5) is 0 Å². The fraction of sp³-hybridized carbons (Fsp3) is 0. The van der Waals surface area contributed by atoms with Crippen LogP contribution in [0.3, 0.4) is 0 Å². The van der Waals surface area contributed by atoms with Crippen LogP contribution in [-0.4, -0.2) is 26.1 Å². The highest BCUT2D eigenvalue weighted by Gasteiger charge is 2.07. The highest BCUT2D eigenvalue weighted by molar-refractivity contribution is 7.71. The van der Waals surface area contributed by atoms with Crippen LogP contribution in [0.1, 0.15) is 4.88 Å². The SMILES string of the molecule is S=c1[nH]nc(-c2ccncc2)n1/N=C\c1cccs1. The Kier molecular flexibility index (Phi) is 3.30. The molecule has 0 aliphatic carbocycles. The van der Waals surface area contributed by atoms with Crippen molar-refractivity contribution in [1.82, 2.24) is 19.9 Å². The monoisotopic (exact) mass is 287 g/mol. The van der Waals surface area contributed by atoms with Crippen molar-refractivity contribution < 1.29 is 0 Å². The number of thiophene rings is 1. The minimum Gasteiger partial charge on any atom is -0.265 e. The summed E-state index contributed by atoms with van der Waals surface area (Å²) >= 11 is 6.80. The molecule has 0 spiro atoms. The Labute approximate surface area is 118 Å². The van der Waals surface area contributed by atoms with Crippen LogP contribution < -0.4 is 0 Å². The van der Waals surface area contributed by atoms with Gasteiger partial charge in [0, 0.05) is 22.8 Å². The van der Waals surface area contributed by atoms with E-state index in [-0.39, 0.29) is 0 Å². The molecule has 94 valence electrons. The summed E-state index contributed by atoms with van der Waals surface area (Å²) in [6, 6.07) is 7.69. The predicted octanol–water partition coefficient (Wildman–Crippen LogP) is 2.95. The summed E-state index contributed by atoms with van der Waals surface area (Å²) in [4.78, 5) is 5.04. The molecule has 0 amide bonds. The summed E-state index contributed by atoms with van der Waals surface area (Å²) in [5.41, 5.74) is 0.908. The van der Waals surface area contributed by atoms with Crippen molar-refractivity contribution in [1.29, 1.82) is 0 Å². The third kappa shape index (κ3) is 2.51. The summed E-state index contributed by atoms with van der Waals surface area (Å²) in [6.45, 7) is 0. The maximum Gasteiger partial charge on any atom is 0.216 e. The zero-order chi connectivity index (χ0) is 13.1. The Morgan fingerprint density at radius 3 is 2.89 bits per heavy atom. The summed E-state index contributed by atoms with van der Waals surface area (Å²) in [5.74, 6) is 0.667. The Bertz CT molecular complexity index is 740. The zero-order valence-electron chi connectivity index (χ0n) is 9.72. The molecule has 0 aliphatic heterocycles. The molecule has 3 aromatic heterocycles. The van der Waals surface area contributed by atoms with Crippen LogP contribution in [0, 0.1) is 4.77 Å². The summed E-state index contributed by atoms with van der Waals surface area (Å²) in [6.07, 6.45) is 5.18. The van der Waals surface area contributed by atoms with Crippen molar-refractivity contribution in [2.45, 2.75) is 0 Å². The van der Waals surface area contributed by atoms with E-state index in [1.54, 1.807) is 34.6 Å². The zero-order valence-corrected chi connectivity index (χ0v) is 11.4. The first-order valence-electron chi connectivity index (χ1n) is 5.50. The molecule has 3 rings (SSSR count). The van der Waals surface area contributed by atoms with E-state index in [9.17, 15) is 0 Å². The van der Waals surface area contributed by atoms with E-state index in [4.69, 9.17) is 12.2 Å². The number of nitrogens with one attached hydrogen (secondary N) is 1. The number of aromatic amines is 1. The maximum atomic E-state index is 5.19. The summed E-state index contributed by atoms with van der Waals surface area (Å²) < 4.78 is 2.06. The van der Waals surface area contributed by atoms with Crippen LogP contribution >= 0.6 is 23.6 Å². The number of hydrogen-bond acceptors (Lipinski definition) is 5. The molecular formula is C12H9N5S2. The lowest BCUT2D eigenvalue weighted by atomic mass is 10.2. The molecule has 0 aromatic carbocycles. The van der Waals surface area contributed by atoms with Gasteiger partial charge in [-0.25, -0.2) is 5.10 Å². The van der Waals surface area contributed by atoms with E-state index in [2.05, 4.69) is 20.3 Å². The second kappa shape index (κ2) is 5.25. The molecule has 0 saturated heterocycles. The fourth-order valence-corrected chi connectivity index (χ4v) is 2.32. The molecule has 7 heteroatoms. The molecule has 0 unspecified atom stereocenters. The van der Waals surface area contributed by atoms with E-state index < -0.39 is 0 Å². The minimum atomic E-state index is 0.458. The number of pyridine rings is 1. The molecule has 1 N–H and O–H groups in total. The fourth-order valence-electron chi connectivity index (χ4n) is 1.57. The molecule has 0 saturated carbocycles. The van der Waals surface area contributed by atoms with Crippen molar-refractivity contribution in [2.24, 2.45) is 5.10 Å². The van der Waals surface area contributed by atoms with E-state index in [0.717, 1.165) is 10.4 Å². The Morgan fingerprint density at radius 1 is 1.32 bits per heavy atom. The van der Waals surface area contributed by atoms with Crippen LogP contribution in [0.2, 0.25) is 0 Å². The van der Waals surface area contributed by atoms with Gasteiger partial charge in [-0.1, -0.05) is 6.07 Å². The number of H-pyrrole nitrogens is 1. The van der Waals surface area contributed by atoms with Crippen LogP contribution in [0.25, 0.3) is 11.4 Å². The first-order valence-corrected chi connectivity index (χ1v) is 6.79. The second-order valence-corrected chi connectivity index (χ2v) is 5.03. The average Bonchev–Trinajstić information content (AvgIpc) is 3.07. The van der Waals surface area contributed by atoms with Gasteiger partial charge in [-0.15, -0.1) is 11.3 Å². The number of nitrogens with zero attached hydrogens (tertiary/aromatic N) is 4. The number of aromatic nitrogens is 4. The van der Waals surface area contributed by atoms with Gasteiger partial charge in [0.1, 0.15) is 0 Å². The van der Waals surface area contributed by atoms with Crippen molar-refractivity contribution >= 4 is 29.8 Å². The minimum absolute atomic E-state index is 0.458. The van der Waals surface area contributed by atoms with Crippen molar-refractivity contribution in [3.8, 4) is 11.4 Å². The first kappa shape index (κ1) is 11.9. The normalized spacial score (nSPS) is 11.2. The van der Waals surface area contributed by atoms with Gasteiger partial charge in [-0.05, 0) is 35.8 Å². The highest BCUT2D eigenvalue weighted by atomic mass is 32.1. The molecule has 0 bridgehead atoms. The lowest BCUT2D eigenvalue weighted by Crippen LogP contribution is -1.94. The molecule has 3 heterocycles. The predicted molar refractivity (Wildman–Crippen MR) is 78.0 cm³/mol. The summed E-state index contributed by atoms with van der Waals surface area (Å²) in [5, 5.41) is 13.3. The lowest BCUT2D eigenvalue weighted by Gasteiger charge is -1.99. The van der Waals surface area contributed by atoms with E-state index >= 15 is 0 Å².